The van der Waals surface area contributed by atoms with Gasteiger partial charge < -0.3 is 41.9 Å². The van der Waals surface area contributed by atoms with E-state index in [1.165, 1.54) is 24.7 Å². The van der Waals surface area contributed by atoms with Crippen LogP contribution in [0.5, 0.6) is 5.75 Å². The van der Waals surface area contributed by atoms with Crippen molar-refractivity contribution in [3.05, 3.63) is 84.1 Å². The molecule has 3 atom stereocenters. The number of hydrogen-bond donors (Lipinski definition) is 8. The van der Waals surface area contributed by atoms with E-state index >= 15 is 0 Å². The summed E-state index contributed by atoms with van der Waals surface area (Å²) in [5.41, 5.74) is 8.77. The first-order valence-corrected chi connectivity index (χ1v) is 12.9. The van der Waals surface area contributed by atoms with E-state index in [0.29, 0.717) is 11.3 Å². The number of para-hydroxylation sites is 1. The zero-order valence-electron chi connectivity index (χ0n) is 22.0. The molecule has 13 heteroatoms. The van der Waals surface area contributed by atoms with Crippen molar-refractivity contribution < 1.29 is 29.4 Å². The molecule has 3 unspecified atom stereocenters. The van der Waals surface area contributed by atoms with Gasteiger partial charge in [0.25, 0.3) is 0 Å². The molecular formula is C28H31N7O6. The van der Waals surface area contributed by atoms with Crippen LogP contribution in [0.3, 0.4) is 0 Å². The third-order valence-corrected chi connectivity index (χ3v) is 6.50. The lowest BCUT2D eigenvalue weighted by molar-refractivity contribution is -0.142. The van der Waals surface area contributed by atoms with Crippen molar-refractivity contribution in [1.82, 2.24) is 30.9 Å². The standard InChI is InChI=1S/C28H31N7O6/c29-21(9-16-5-7-19(36)8-6-16)26(38)32-14-25(37)34-23(11-18-13-30-15-33-18)27(39)35-24(28(40)41)10-17-12-31-22-4-2-1-3-20(17)22/h1-8,12-13,15,21,23-24,31,36H,9-11,14,29H2,(H,30,33)(H,32,38)(H,34,37)(H,35,39)(H,40,41). The second-order valence-electron chi connectivity index (χ2n) is 9.56. The molecule has 214 valence electrons. The van der Waals surface area contributed by atoms with Gasteiger partial charge in [0.05, 0.1) is 18.9 Å². The predicted octanol–water partition coefficient (Wildman–Crippen LogP) is 0.122. The minimum Gasteiger partial charge on any atom is -0.508 e. The molecule has 0 aliphatic heterocycles. The number of benzene rings is 2. The van der Waals surface area contributed by atoms with E-state index in [0.717, 1.165) is 16.5 Å². The van der Waals surface area contributed by atoms with Gasteiger partial charge in [0, 0.05) is 41.8 Å². The zero-order valence-corrected chi connectivity index (χ0v) is 22.0. The number of aromatic nitrogens is 3. The first kappa shape index (κ1) is 28.8. The topological polar surface area (TPSA) is 215 Å². The number of nitrogens with one attached hydrogen (secondary N) is 5. The molecule has 41 heavy (non-hydrogen) atoms. The van der Waals surface area contributed by atoms with Gasteiger partial charge in [-0.15, -0.1) is 0 Å². The number of imidazole rings is 1. The number of carbonyl (C=O) groups is 4. The van der Waals surface area contributed by atoms with Crippen LogP contribution < -0.4 is 21.7 Å². The molecule has 4 aromatic rings. The number of nitrogens with two attached hydrogens (primary N) is 1. The van der Waals surface area contributed by atoms with E-state index in [4.69, 9.17) is 5.73 Å². The SMILES string of the molecule is NC(Cc1ccc(O)cc1)C(=O)NCC(=O)NC(Cc1cnc[nH]1)C(=O)NC(Cc1c[nH]c2ccccc12)C(=O)O. The van der Waals surface area contributed by atoms with Crippen molar-refractivity contribution in [3.8, 4) is 5.75 Å². The molecule has 0 saturated carbocycles. The number of carboxylic acids is 1. The lowest BCUT2D eigenvalue weighted by atomic mass is 10.0. The molecule has 0 aliphatic rings. The second-order valence-corrected chi connectivity index (χ2v) is 9.56. The Morgan fingerprint density at radius 3 is 2.37 bits per heavy atom. The highest BCUT2D eigenvalue weighted by atomic mass is 16.4. The van der Waals surface area contributed by atoms with Crippen molar-refractivity contribution in [1.29, 1.82) is 0 Å². The Morgan fingerprint density at radius 1 is 0.902 bits per heavy atom. The van der Waals surface area contributed by atoms with Crippen LogP contribution in [0.2, 0.25) is 0 Å². The molecule has 3 amide bonds. The number of carbonyl (C=O) groups excluding carboxylic acids is 3. The number of H-pyrrole nitrogens is 2. The van der Waals surface area contributed by atoms with Gasteiger partial charge in [-0.1, -0.05) is 30.3 Å². The highest BCUT2D eigenvalue weighted by Crippen LogP contribution is 2.19. The number of phenolic OH excluding ortho intramolecular Hbond substituents is 1. The van der Waals surface area contributed by atoms with Crippen LogP contribution >= 0.6 is 0 Å². The Labute approximate surface area is 234 Å². The lowest BCUT2D eigenvalue weighted by Gasteiger charge is -2.21. The van der Waals surface area contributed by atoms with Gasteiger partial charge in [0.15, 0.2) is 0 Å². The highest BCUT2D eigenvalue weighted by Gasteiger charge is 2.28. The largest absolute Gasteiger partial charge is 0.508 e. The molecule has 0 saturated heterocycles. The molecule has 9 N–H and O–H groups in total. The summed E-state index contributed by atoms with van der Waals surface area (Å²) in [5, 5.41) is 27.6. The van der Waals surface area contributed by atoms with E-state index in [9.17, 15) is 29.4 Å². The summed E-state index contributed by atoms with van der Waals surface area (Å²) in [4.78, 5) is 60.3. The maximum Gasteiger partial charge on any atom is 0.326 e. The number of rotatable bonds is 13. The number of carboxylic acid groups (broad SMARTS) is 1. The number of aliphatic carboxylic acids is 1. The molecule has 0 spiro atoms. The fraction of sp³-hybridized carbons (Fsp3) is 0.250. The smallest absolute Gasteiger partial charge is 0.326 e. The summed E-state index contributed by atoms with van der Waals surface area (Å²) >= 11 is 0. The number of phenols is 1. The summed E-state index contributed by atoms with van der Waals surface area (Å²) in [7, 11) is 0. The minimum absolute atomic E-state index is 0.00527. The summed E-state index contributed by atoms with van der Waals surface area (Å²) in [6.07, 6.45) is 4.81. The second kappa shape index (κ2) is 13.3. The van der Waals surface area contributed by atoms with Gasteiger partial charge in [-0.2, -0.15) is 0 Å². The van der Waals surface area contributed by atoms with E-state index in [1.807, 2.05) is 24.3 Å². The number of nitrogens with zero attached hydrogens (tertiary/aromatic N) is 1. The van der Waals surface area contributed by atoms with Gasteiger partial charge in [-0.25, -0.2) is 9.78 Å². The number of aromatic amines is 2. The van der Waals surface area contributed by atoms with Crippen molar-refractivity contribution in [2.75, 3.05) is 6.54 Å². The average molecular weight is 562 g/mol. The summed E-state index contributed by atoms with van der Waals surface area (Å²) in [5.74, 6) is -3.10. The average Bonchev–Trinajstić information content (AvgIpc) is 3.62. The lowest BCUT2D eigenvalue weighted by Crippen LogP contribution is -2.55. The van der Waals surface area contributed by atoms with Crippen LogP contribution in [-0.4, -0.2) is 73.5 Å². The quantitative estimate of drug-likeness (QED) is 0.112. The Morgan fingerprint density at radius 2 is 1.66 bits per heavy atom. The third kappa shape index (κ3) is 7.92. The molecule has 13 nitrogen and oxygen atoms in total. The van der Waals surface area contributed by atoms with E-state index in [-0.39, 0.29) is 25.0 Å². The van der Waals surface area contributed by atoms with Crippen LogP contribution in [0.15, 0.2) is 67.3 Å². The number of aromatic hydroxyl groups is 1. The van der Waals surface area contributed by atoms with E-state index in [2.05, 4.69) is 30.9 Å². The third-order valence-electron chi connectivity index (χ3n) is 6.50. The van der Waals surface area contributed by atoms with Crippen LogP contribution in [0.25, 0.3) is 10.9 Å². The highest BCUT2D eigenvalue weighted by molar-refractivity contribution is 5.93. The van der Waals surface area contributed by atoms with E-state index < -0.39 is 48.4 Å². The van der Waals surface area contributed by atoms with Crippen molar-refractivity contribution in [2.24, 2.45) is 5.73 Å². The normalized spacial score (nSPS) is 13.2. The first-order chi connectivity index (χ1) is 19.7. The molecule has 2 aromatic carbocycles. The van der Waals surface area contributed by atoms with Gasteiger partial charge in [-0.05, 0) is 35.7 Å². The number of fused-ring (bicyclic) bond motifs is 1. The van der Waals surface area contributed by atoms with Gasteiger partial charge in [0.1, 0.15) is 17.8 Å². The van der Waals surface area contributed by atoms with Crippen molar-refractivity contribution in [2.45, 2.75) is 37.4 Å². The van der Waals surface area contributed by atoms with Gasteiger partial charge >= 0.3 is 5.97 Å². The summed E-state index contributed by atoms with van der Waals surface area (Å²) in [6, 6.07) is 10.3. The molecule has 4 rings (SSSR count). The van der Waals surface area contributed by atoms with Crippen LogP contribution in [0, 0.1) is 0 Å². The molecule has 2 heterocycles. The molecule has 0 aliphatic carbocycles. The molecule has 0 radical (unpaired) electrons. The molecular weight excluding hydrogens is 530 g/mol. The number of hydrogen-bond acceptors (Lipinski definition) is 7. The number of amides is 3. The molecule has 2 aromatic heterocycles. The monoisotopic (exact) mass is 561 g/mol. The Hall–Kier alpha value is -5.17. The van der Waals surface area contributed by atoms with Crippen molar-refractivity contribution >= 4 is 34.6 Å². The Bertz CT molecular complexity index is 1500. The molecule has 0 bridgehead atoms. The summed E-state index contributed by atoms with van der Waals surface area (Å²) < 4.78 is 0. The maximum absolute atomic E-state index is 13.2. The van der Waals surface area contributed by atoms with E-state index in [1.54, 1.807) is 18.3 Å². The van der Waals surface area contributed by atoms with Crippen LogP contribution in [0.1, 0.15) is 16.8 Å². The minimum atomic E-state index is -1.26. The Balaban J connectivity index is 1.37. The maximum atomic E-state index is 13.2. The van der Waals surface area contributed by atoms with Gasteiger partial charge in [0.2, 0.25) is 17.7 Å². The fourth-order valence-electron chi connectivity index (χ4n) is 4.34. The fourth-order valence-corrected chi connectivity index (χ4v) is 4.34. The van der Waals surface area contributed by atoms with Crippen LogP contribution in [0.4, 0.5) is 0 Å². The zero-order chi connectivity index (χ0) is 29.4. The van der Waals surface area contributed by atoms with Crippen LogP contribution in [-0.2, 0) is 38.4 Å². The Kier molecular flexibility index (Phi) is 9.32. The molecule has 0 fully saturated rings. The van der Waals surface area contributed by atoms with Crippen molar-refractivity contribution in [3.63, 3.8) is 0 Å². The van der Waals surface area contributed by atoms with Gasteiger partial charge in [-0.3, -0.25) is 14.4 Å². The predicted molar refractivity (Wildman–Crippen MR) is 149 cm³/mol. The summed E-state index contributed by atoms with van der Waals surface area (Å²) in [6.45, 7) is -0.452. The first-order valence-electron chi connectivity index (χ1n) is 12.9.